The highest BCUT2D eigenvalue weighted by atomic mass is 79.9. The Balaban J connectivity index is 1.41. The first kappa shape index (κ1) is 25.0. The molecule has 1 aromatic heterocycles. The Morgan fingerprint density at radius 3 is 2.77 bits per heavy atom. The highest BCUT2D eigenvalue weighted by molar-refractivity contribution is 9.10. The van der Waals surface area contributed by atoms with E-state index >= 15 is 0 Å². The molecule has 0 radical (unpaired) electrons. The molecule has 1 aliphatic heterocycles. The summed E-state index contributed by atoms with van der Waals surface area (Å²) in [6.45, 7) is 2.01. The van der Waals surface area contributed by atoms with Crippen LogP contribution in [0.3, 0.4) is 0 Å². The number of carbonyl (C=O) groups excluding carboxylic acids is 2. The lowest BCUT2D eigenvalue weighted by molar-refractivity contribution is -0.122. The second kappa shape index (κ2) is 11.1. The van der Waals surface area contributed by atoms with Crippen molar-refractivity contribution < 1.29 is 23.5 Å². The number of methoxy groups -OCH3 is 1. The lowest BCUT2D eigenvalue weighted by Crippen LogP contribution is -2.27. The summed E-state index contributed by atoms with van der Waals surface area (Å²) in [5, 5.41) is 2.83. The van der Waals surface area contributed by atoms with E-state index in [1.54, 1.807) is 42.7 Å². The molecule has 2 heterocycles. The van der Waals surface area contributed by atoms with Crippen LogP contribution in [0.25, 0.3) is 6.08 Å². The summed E-state index contributed by atoms with van der Waals surface area (Å²) >= 11 is 10.0. The quantitative estimate of drug-likeness (QED) is 0.270. The van der Waals surface area contributed by atoms with Crippen LogP contribution in [0, 0.1) is 6.92 Å². The van der Waals surface area contributed by atoms with Crippen LogP contribution in [-0.2, 0) is 16.1 Å². The highest BCUT2D eigenvalue weighted by Gasteiger charge is 2.32. The standard InChI is InChI=1S/C25H21BrN2O5S2/c1-15-10-17(26)6-7-19(15)27-23(29)14-33-20-8-5-16(11-21(20)31-2)12-22-24(30)28(25(34)35-22)13-18-4-3-9-32-18/h3-12H,13-14H2,1-2H3,(H,27,29)/b22-12-. The van der Waals surface area contributed by atoms with Gasteiger partial charge in [-0.25, -0.2) is 0 Å². The van der Waals surface area contributed by atoms with Crippen molar-refractivity contribution in [3.63, 3.8) is 0 Å². The van der Waals surface area contributed by atoms with Gasteiger partial charge in [0.2, 0.25) is 0 Å². The first-order valence-electron chi connectivity index (χ1n) is 10.5. The number of thioether (sulfide) groups is 1. The van der Waals surface area contributed by atoms with E-state index in [0.29, 0.717) is 32.2 Å². The van der Waals surface area contributed by atoms with Crippen LogP contribution >= 0.6 is 39.9 Å². The largest absolute Gasteiger partial charge is 0.493 e. The molecule has 10 heteroatoms. The van der Waals surface area contributed by atoms with Gasteiger partial charge in [-0.15, -0.1) is 0 Å². The number of amides is 2. The van der Waals surface area contributed by atoms with Gasteiger partial charge in [0.1, 0.15) is 10.1 Å². The Morgan fingerprint density at radius 2 is 2.06 bits per heavy atom. The summed E-state index contributed by atoms with van der Waals surface area (Å²) in [5.41, 5.74) is 2.39. The zero-order chi connectivity index (χ0) is 24.9. The molecule has 0 aliphatic carbocycles. The van der Waals surface area contributed by atoms with Crippen LogP contribution in [0.4, 0.5) is 5.69 Å². The average molecular weight is 573 g/mol. The number of halogens is 1. The molecule has 0 atom stereocenters. The number of thiocarbonyl (C=S) groups is 1. The summed E-state index contributed by atoms with van der Waals surface area (Å²) in [7, 11) is 1.51. The van der Waals surface area contributed by atoms with E-state index in [1.807, 2.05) is 25.1 Å². The Morgan fingerprint density at radius 1 is 1.23 bits per heavy atom. The number of nitrogens with one attached hydrogen (secondary N) is 1. The number of anilines is 1. The minimum Gasteiger partial charge on any atom is -0.493 e. The number of rotatable bonds is 8. The van der Waals surface area contributed by atoms with Crippen LogP contribution in [0.5, 0.6) is 11.5 Å². The van der Waals surface area contributed by atoms with Crippen LogP contribution < -0.4 is 14.8 Å². The maximum atomic E-state index is 12.8. The molecule has 1 N–H and O–H groups in total. The van der Waals surface area contributed by atoms with Crippen molar-refractivity contribution in [3.8, 4) is 11.5 Å². The molecule has 0 saturated carbocycles. The van der Waals surface area contributed by atoms with Crippen molar-refractivity contribution in [1.29, 1.82) is 0 Å². The van der Waals surface area contributed by atoms with E-state index in [-0.39, 0.29) is 25.0 Å². The lowest BCUT2D eigenvalue weighted by atomic mass is 10.2. The Kier molecular flexibility index (Phi) is 7.94. The molecule has 4 rings (SSSR count). The van der Waals surface area contributed by atoms with Crippen molar-refractivity contribution in [2.75, 3.05) is 19.0 Å². The van der Waals surface area contributed by atoms with Crippen LogP contribution in [0.2, 0.25) is 0 Å². The fourth-order valence-electron chi connectivity index (χ4n) is 3.34. The number of benzene rings is 2. The van der Waals surface area contributed by atoms with E-state index in [9.17, 15) is 9.59 Å². The number of hydrogen-bond donors (Lipinski definition) is 1. The third kappa shape index (κ3) is 6.14. The van der Waals surface area contributed by atoms with Crippen LogP contribution in [0.1, 0.15) is 16.9 Å². The predicted octanol–water partition coefficient (Wildman–Crippen LogP) is 5.78. The van der Waals surface area contributed by atoms with Crippen LogP contribution in [-0.4, -0.2) is 34.8 Å². The number of carbonyl (C=O) groups is 2. The van der Waals surface area contributed by atoms with E-state index in [1.165, 1.54) is 23.8 Å². The SMILES string of the molecule is COc1cc(/C=C2\SC(=S)N(Cc3ccco3)C2=O)ccc1OCC(=O)Nc1ccc(Br)cc1C. The van der Waals surface area contributed by atoms with Gasteiger partial charge in [-0.05, 0) is 66.6 Å². The van der Waals surface area contributed by atoms with Crippen molar-refractivity contribution in [3.05, 3.63) is 81.1 Å². The molecule has 0 spiro atoms. The summed E-state index contributed by atoms with van der Waals surface area (Å²) in [6.07, 6.45) is 3.31. The summed E-state index contributed by atoms with van der Waals surface area (Å²) < 4.78 is 17.9. The Labute approximate surface area is 220 Å². The third-order valence-corrected chi connectivity index (χ3v) is 6.95. The van der Waals surface area contributed by atoms with Gasteiger partial charge in [0.15, 0.2) is 18.1 Å². The molecule has 3 aromatic rings. The fourth-order valence-corrected chi connectivity index (χ4v) is 5.07. The van der Waals surface area contributed by atoms with Gasteiger partial charge >= 0.3 is 0 Å². The van der Waals surface area contributed by atoms with Gasteiger partial charge < -0.3 is 19.2 Å². The monoisotopic (exact) mass is 572 g/mol. The second-order valence-corrected chi connectivity index (χ2v) is 10.1. The Bertz CT molecular complexity index is 1310. The Hall–Kier alpha value is -3.08. The van der Waals surface area contributed by atoms with Crippen LogP contribution in [0.15, 0.2) is 68.6 Å². The first-order chi connectivity index (χ1) is 16.8. The molecule has 180 valence electrons. The maximum Gasteiger partial charge on any atom is 0.266 e. The molecule has 0 unspecified atom stereocenters. The van der Waals surface area contributed by atoms with Gasteiger partial charge in [-0.1, -0.05) is 46.0 Å². The van der Waals surface area contributed by atoms with E-state index in [4.69, 9.17) is 26.1 Å². The molecule has 2 amide bonds. The molecule has 1 aliphatic rings. The van der Waals surface area contributed by atoms with Crippen molar-refractivity contribution in [1.82, 2.24) is 4.90 Å². The molecule has 7 nitrogen and oxygen atoms in total. The number of hydrogen-bond acceptors (Lipinski definition) is 7. The molecular weight excluding hydrogens is 552 g/mol. The predicted molar refractivity (Wildman–Crippen MR) is 143 cm³/mol. The minimum atomic E-state index is -0.290. The summed E-state index contributed by atoms with van der Waals surface area (Å²) in [6, 6.07) is 14.4. The zero-order valence-electron chi connectivity index (χ0n) is 18.9. The number of furan rings is 1. The first-order valence-corrected chi connectivity index (χ1v) is 12.5. The number of nitrogens with zero attached hydrogens (tertiary/aromatic N) is 1. The highest BCUT2D eigenvalue weighted by Crippen LogP contribution is 2.35. The maximum absolute atomic E-state index is 12.8. The van der Waals surface area contributed by atoms with Crippen molar-refractivity contribution >= 4 is 67.8 Å². The second-order valence-electron chi connectivity index (χ2n) is 7.55. The van der Waals surface area contributed by atoms with Crippen molar-refractivity contribution in [2.45, 2.75) is 13.5 Å². The van der Waals surface area contributed by atoms with Gasteiger partial charge in [0.25, 0.3) is 11.8 Å². The smallest absolute Gasteiger partial charge is 0.266 e. The van der Waals surface area contributed by atoms with E-state index < -0.39 is 0 Å². The molecule has 1 saturated heterocycles. The van der Waals surface area contributed by atoms with Gasteiger partial charge in [0, 0.05) is 10.2 Å². The van der Waals surface area contributed by atoms with Gasteiger partial charge in [-0.3, -0.25) is 14.5 Å². The number of ether oxygens (including phenoxy) is 2. The van der Waals surface area contributed by atoms with E-state index in [0.717, 1.165) is 15.6 Å². The molecule has 0 bridgehead atoms. The molecule has 2 aromatic carbocycles. The molecule has 35 heavy (non-hydrogen) atoms. The normalized spacial score (nSPS) is 14.5. The van der Waals surface area contributed by atoms with Gasteiger partial charge in [-0.2, -0.15) is 0 Å². The minimum absolute atomic E-state index is 0.184. The third-order valence-electron chi connectivity index (χ3n) is 5.07. The average Bonchev–Trinajstić information content (AvgIpc) is 3.44. The van der Waals surface area contributed by atoms with Gasteiger partial charge in [0.05, 0.1) is 24.8 Å². The fraction of sp³-hybridized carbons (Fsp3) is 0.160. The topological polar surface area (TPSA) is 81.0 Å². The van der Waals surface area contributed by atoms with E-state index in [2.05, 4.69) is 21.2 Å². The molecular formula is C25H21BrN2O5S2. The van der Waals surface area contributed by atoms with Crippen molar-refractivity contribution in [2.24, 2.45) is 0 Å². The summed E-state index contributed by atoms with van der Waals surface area (Å²) in [5.74, 6) is 1.04. The summed E-state index contributed by atoms with van der Waals surface area (Å²) in [4.78, 5) is 27.2. The molecule has 1 fully saturated rings. The lowest BCUT2D eigenvalue weighted by Gasteiger charge is -2.13. The zero-order valence-corrected chi connectivity index (χ0v) is 22.1. The number of aryl methyl sites for hydroxylation is 1.